The van der Waals surface area contributed by atoms with Crippen molar-refractivity contribution in [1.82, 2.24) is 10.6 Å². The van der Waals surface area contributed by atoms with Crippen molar-refractivity contribution in [2.75, 3.05) is 13.1 Å². The second kappa shape index (κ2) is 6.83. The standard InChI is InChI=1S/C12H26N2O/c1-6-8-13-11(15)12(5,10(3)4)14-9-7-2/h10,14H,6-9H2,1-5H3,(H,13,15). The molecular formula is C12H26N2O. The molecule has 0 radical (unpaired) electrons. The molecule has 0 aromatic carbocycles. The summed E-state index contributed by atoms with van der Waals surface area (Å²) < 4.78 is 0. The number of hydrogen-bond donors (Lipinski definition) is 2. The average Bonchev–Trinajstić information content (AvgIpc) is 2.21. The van der Waals surface area contributed by atoms with E-state index in [0.29, 0.717) is 5.92 Å². The molecule has 15 heavy (non-hydrogen) atoms. The van der Waals surface area contributed by atoms with Crippen molar-refractivity contribution < 1.29 is 4.79 Å². The van der Waals surface area contributed by atoms with Crippen LogP contribution in [-0.4, -0.2) is 24.5 Å². The van der Waals surface area contributed by atoms with Crippen LogP contribution in [0.25, 0.3) is 0 Å². The van der Waals surface area contributed by atoms with E-state index in [1.165, 1.54) is 0 Å². The van der Waals surface area contributed by atoms with Crippen molar-refractivity contribution in [3.63, 3.8) is 0 Å². The zero-order valence-corrected chi connectivity index (χ0v) is 10.8. The Morgan fingerprint density at radius 1 is 1.20 bits per heavy atom. The highest BCUT2D eigenvalue weighted by atomic mass is 16.2. The Hall–Kier alpha value is -0.570. The van der Waals surface area contributed by atoms with Crippen molar-refractivity contribution in [3.05, 3.63) is 0 Å². The maximum absolute atomic E-state index is 12.0. The summed E-state index contributed by atoms with van der Waals surface area (Å²) in [4.78, 5) is 12.0. The van der Waals surface area contributed by atoms with E-state index in [-0.39, 0.29) is 5.91 Å². The first-order valence-corrected chi connectivity index (χ1v) is 6.02. The molecule has 0 spiro atoms. The van der Waals surface area contributed by atoms with Crippen LogP contribution in [0.3, 0.4) is 0 Å². The van der Waals surface area contributed by atoms with Crippen LogP contribution in [0.4, 0.5) is 0 Å². The summed E-state index contributed by atoms with van der Waals surface area (Å²) in [6.45, 7) is 12.0. The van der Waals surface area contributed by atoms with Crippen LogP contribution in [0.15, 0.2) is 0 Å². The molecule has 0 aliphatic heterocycles. The van der Waals surface area contributed by atoms with Crippen LogP contribution in [0.2, 0.25) is 0 Å². The fourth-order valence-electron chi connectivity index (χ4n) is 1.35. The summed E-state index contributed by atoms with van der Waals surface area (Å²) in [5.74, 6) is 0.411. The molecule has 2 N–H and O–H groups in total. The van der Waals surface area contributed by atoms with Gasteiger partial charge in [-0.15, -0.1) is 0 Å². The zero-order valence-electron chi connectivity index (χ0n) is 10.8. The van der Waals surface area contributed by atoms with Gasteiger partial charge in [0.05, 0.1) is 5.54 Å². The van der Waals surface area contributed by atoms with Gasteiger partial charge in [0.15, 0.2) is 0 Å². The van der Waals surface area contributed by atoms with Gasteiger partial charge in [0.2, 0.25) is 5.91 Å². The Labute approximate surface area is 94.0 Å². The van der Waals surface area contributed by atoms with Crippen LogP contribution in [0, 0.1) is 5.92 Å². The molecule has 1 unspecified atom stereocenters. The lowest BCUT2D eigenvalue weighted by Crippen LogP contribution is -2.58. The Bertz CT molecular complexity index is 192. The molecule has 0 rings (SSSR count). The smallest absolute Gasteiger partial charge is 0.240 e. The minimum Gasteiger partial charge on any atom is -0.355 e. The van der Waals surface area contributed by atoms with Crippen LogP contribution < -0.4 is 10.6 Å². The molecule has 0 heterocycles. The molecule has 0 fully saturated rings. The van der Waals surface area contributed by atoms with Crippen LogP contribution in [0.1, 0.15) is 47.5 Å². The second-order valence-corrected chi connectivity index (χ2v) is 4.54. The van der Waals surface area contributed by atoms with Gasteiger partial charge in [-0.25, -0.2) is 0 Å². The molecule has 0 aromatic heterocycles. The third-order valence-electron chi connectivity index (χ3n) is 2.90. The van der Waals surface area contributed by atoms with Gasteiger partial charge in [0.25, 0.3) is 0 Å². The van der Waals surface area contributed by atoms with Gasteiger partial charge in [0.1, 0.15) is 0 Å². The predicted octanol–water partition coefficient (Wildman–Crippen LogP) is 1.93. The Kier molecular flexibility index (Phi) is 6.57. The lowest BCUT2D eigenvalue weighted by molar-refractivity contribution is -0.128. The first-order valence-electron chi connectivity index (χ1n) is 6.02. The fraction of sp³-hybridized carbons (Fsp3) is 0.917. The lowest BCUT2D eigenvalue weighted by Gasteiger charge is -2.33. The van der Waals surface area contributed by atoms with Crippen LogP contribution >= 0.6 is 0 Å². The van der Waals surface area contributed by atoms with E-state index in [2.05, 4.69) is 38.3 Å². The Morgan fingerprint density at radius 2 is 1.73 bits per heavy atom. The predicted molar refractivity (Wildman–Crippen MR) is 64.8 cm³/mol. The topological polar surface area (TPSA) is 41.1 Å². The molecule has 1 atom stereocenters. The molecule has 3 heteroatoms. The number of hydrogen-bond acceptors (Lipinski definition) is 2. The van der Waals surface area contributed by atoms with Crippen molar-refractivity contribution >= 4 is 5.91 Å². The number of carbonyl (C=O) groups is 1. The Balaban J connectivity index is 4.40. The molecule has 0 aliphatic carbocycles. The highest BCUT2D eigenvalue weighted by Crippen LogP contribution is 2.16. The van der Waals surface area contributed by atoms with Gasteiger partial charge in [-0.3, -0.25) is 4.79 Å². The lowest BCUT2D eigenvalue weighted by atomic mass is 9.87. The quantitative estimate of drug-likeness (QED) is 0.680. The van der Waals surface area contributed by atoms with Crippen molar-refractivity contribution in [2.24, 2.45) is 5.92 Å². The normalized spacial score (nSPS) is 15.1. The molecule has 0 aliphatic rings. The number of nitrogens with one attached hydrogen (secondary N) is 2. The monoisotopic (exact) mass is 214 g/mol. The van der Waals surface area contributed by atoms with E-state index in [1.807, 2.05) is 6.92 Å². The van der Waals surface area contributed by atoms with E-state index >= 15 is 0 Å². The maximum Gasteiger partial charge on any atom is 0.240 e. The highest BCUT2D eigenvalue weighted by Gasteiger charge is 2.35. The van der Waals surface area contributed by atoms with Gasteiger partial charge < -0.3 is 10.6 Å². The highest BCUT2D eigenvalue weighted by molar-refractivity contribution is 5.86. The van der Waals surface area contributed by atoms with Crippen molar-refractivity contribution in [1.29, 1.82) is 0 Å². The molecule has 1 amide bonds. The maximum atomic E-state index is 12.0. The van der Waals surface area contributed by atoms with Crippen LogP contribution in [-0.2, 0) is 4.79 Å². The average molecular weight is 214 g/mol. The van der Waals surface area contributed by atoms with E-state index in [1.54, 1.807) is 0 Å². The minimum atomic E-state index is -0.439. The van der Waals surface area contributed by atoms with Gasteiger partial charge >= 0.3 is 0 Å². The first kappa shape index (κ1) is 14.4. The van der Waals surface area contributed by atoms with Crippen LogP contribution in [0.5, 0.6) is 0 Å². The van der Waals surface area contributed by atoms with E-state index in [4.69, 9.17) is 0 Å². The summed E-state index contributed by atoms with van der Waals surface area (Å²) in [5, 5.41) is 6.30. The summed E-state index contributed by atoms with van der Waals surface area (Å²) in [6.07, 6.45) is 2.02. The fourth-order valence-corrected chi connectivity index (χ4v) is 1.35. The number of amides is 1. The summed E-state index contributed by atoms with van der Waals surface area (Å²) in [5.41, 5.74) is -0.439. The van der Waals surface area contributed by atoms with Gasteiger partial charge in [-0.05, 0) is 32.2 Å². The third-order valence-corrected chi connectivity index (χ3v) is 2.90. The SMILES string of the molecule is CCCNC(=O)C(C)(NCCC)C(C)C. The second-order valence-electron chi connectivity index (χ2n) is 4.54. The molecule has 90 valence electrons. The molecule has 0 bridgehead atoms. The molecular weight excluding hydrogens is 188 g/mol. The number of carbonyl (C=O) groups excluding carboxylic acids is 1. The zero-order chi connectivity index (χ0) is 11.9. The summed E-state index contributed by atoms with van der Waals surface area (Å²) in [6, 6.07) is 0. The van der Waals surface area contributed by atoms with Gasteiger partial charge in [0, 0.05) is 6.54 Å². The summed E-state index contributed by atoms with van der Waals surface area (Å²) in [7, 11) is 0. The Morgan fingerprint density at radius 3 is 2.13 bits per heavy atom. The van der Waals surface area contributed by atoms with E-state index < -0.39 is 5.54 Å². The van der Waals surface area contributed by atoms with Gasteiger partial charge in [-0.2, -0.15) is 0 Å². The van der Waals surface area contributed by atoms with E-state index in [9.17, 15) is 4.79 Å². The molecule has 0 saturated carbocycles. The molecule has 3 nitrogen and oxygen atoms in total. The van der Waals surface area contributed by atoms with E-state index in [0.717, 1.165) is 25.9 Å². The first-order chi connectivity index (χ1) is 6.99. The van der Waals surface area contributed by atoms with Crippen molar-refractivity contribution in [3.8, 4) is 0 Å². The van der Waals surface area contributed by atoms with Crippen molar-refractivity contribution in [2.45, 2.75) is 53.0 Å². The third kappa shape index (κ3) is 4.20. The molecule has 0 aromatic rings. The minimum absolute atomic E-state index is 0.118. The molecule has 0 saturated heterocycles. The number of rotatable bonds is 7. The largest absolute Gasteiger partial charge is 0.355 e. The summed E-state index contributed by atoms with van der Waals surface area (Å²) >= 11 is 0. The van der Waals surface area contributed by atoms with Gasteiger partial charge in [-0.1, -0.05) is 27.7 Å².